The molecule has 0 bridgehead atoms. The summed E-state index contributed by atoms with van der Waals surface area (Å²) in [5.41, 5.74) is 3.49. The van der Waals surface area contributed by atoms with Crippen LogP contribution in [-0.4, -0.2) is 29.9 Å². The number of benzene rings is 3. The normalized spacial score (nSPS) is 12.7. The van der Waals surface area contributed by atoms with E-state index in [2.05, 4.69) is 42.5 Å². The Balaban J connectivity index is 1.00. The van der Waals surface area contributed by atoms with Gasteiger partial charge in [0.05, 0.1) is 17.7 Å². The van der Waals surface area contributed by atoms with Crippen LogP contribution in [0.1, 0.15) is 78.5 Å². The molecule has 35 heavy (non-hydrogen) atoms. The fraction of sp³-hybridized carbons (Fsp3) is 0.355. The Morgan fingerprint density at radius 3 is 1.74 bits per heavy atom. The molecule has 1 heterocycles. The third kappa shape index (κ3) is 6.82. The number of nitrogens with zero attached hydrogens (tertiary/aromatic N) is 1. The van der Waals surface area contributed by atoms with E-state index in [4.69, 9.17) is 4.74 Å². The summed E-state index contributed by atoms with van der Waals surface area (Å²) in [5, 5.41) is 0. The van der Waals surface area contributed by atoms with Gasteiger partial charge in [0.25, 0.3) is 11.8 Å². The summed E-state index contributed by atoms with van der Waals surface area (Å²) >= 11 is 0. The first-order chi connectivity index (χ1) is 17.2. The lowest BCUT2D eigenvalue weighted by Gasteiger charge is -2.13. The number of ether oxygens (including phenoxy) is 1. The van der Waals surface area contributed by atoms with Crippen molar-refractivity contribution in [2.75, 3.05) is 13.2 Å². The first kappa shape index (κ1) is 24.7. The highest BCUT2D eigenvalue weighted by Crippen LogP contribution is 2.24. The zero-order valence-corrected chi connectivity index (χ0v) is 20.5. The molecule has 2 amide bonds. The van der Waals surface area contributed by atoms with E-state index in [1.165, 1.54) is 48.1 Å². The van der Waals surface area contributed by atoms with Gasteiger partial charge in [0.15, 0.2) is 0 Å². The maximum Gasteiger partial charge on any atom is 0.261 e. The van der Waals surface area contributed by atoms with Crippen molar-refractivity contribution in [3.63, 3.8) is 0 Å². The molecule has 0 saturated heterocycles. The van der Waals surface area contributed by atoms with E-state index < -0.39 is 0 Å². The molecule has 0 N–H and O–H groups in total. The average molecular weight is 470 g/mol. The zero-order chi connectivity index (χ0) is 24.3. The van der Waals surface area contributed by atoms with Gasteiger partial charge in [-0.15, -0.1) is 0 Å². The van der Waals surface area contributed by atoms with E-state index >= 15 is 0 Å². The number of rotatable bonds is 14. The average Bonchev–Trinajstić information content (AvgIpc) is 3.15. The first-order valence-corrected chi connectivity index (χ1v) is 13.0. The van der Waals surface area contributed by atoms with Crippen molar-refractivity contribution in [2.45, 2.75) is 57.8 Å². The van der Waals surface area contributed by atoms with Crippen LogP contribution in [-0.2, 0) is 0 Å². The van der Waals surface area contributed by atoms with Crippen molar-refractivity contribution < 1.29 is 14.3 Å². The summed E-state index contributed by atoms with van der Waals surface area (Å²) in [6.45, 7) is 1.29. The summed E-state index contributed by atoms with van der Waals surface area (Å²) in [6.07, 6.45) is 10.3. The minimum Gasteiger partial charge on any atom is -0.494 e. The van der Waals surface area contributed by atoms with Gasteiger partial charge in [-0.25, -0.2) is 0 Å². The molecule has 4 heteroatoms. The lowest BCUT2D eigenvalue weighted by Crippen LogP contribution is -2.30. The molecular weight excluding hydrogens is 434 g/mol. The molecule has 3 aromatic carbocycles. The van der Waals surface area contributed by atoms with Crippen molar-refractivity contribution in [1.82, 2.24) is 4.90 Å². The van der Waals surface area contributed by atoms with Gasteiger partial charge in [-0.1, -0.05) is 99.5 Å². The number of fused-ring (bicyclic) bond motifs is 1. The van der Waals surface area contributed by atoms with E-state index in [0.717, 1.165) is 38.0 Å². The van der Waals surface area contributed by atoms with Crippen molar-refractivity contribution in [3.8, 4) is 16.9 Å². The number of imide groups is 1. The molecule has 4 rings (SSSR count). The molecule has 182 valence electrons. The van der Waals surface area contributed by atoms with Gasteiger partial charge in [0, 0.05) is 6.54 Å². The van der Waals surface area contributed by atoms with E-state index in [1.54, 1.807) is 12.1 Å². The largest absolute Gasteiger partial charge is 0.494 e. The van der Waals surface area contributed by atoms with E-state index in [-0.39, 0.29) is 11.8 Å². The van der Waals surface area contributed by atoms with Gasteiger partial charge in [-0.3, -0.25) is 14.5 Å². The predicted molar refractivity (Wildman–Crippen MR) is 141 cm³/mol. The molecule has 1 aliphatic heterocycles. The molecule has 0 fully saturated rings. The van der Waals surface area contributed by atoms with Crippen LogP contribution in [0.4, 0.5) is 0 Å². The molecule has 0 aliphatic carbocycles. The van der Waals surface area contributed by atoms with Gasteiger partial charge in [-0.05, 0) is 48.2 Å². The lowest BCUT2D eigenvalue weighted by atomic mass is 10.1. The topological polar surface area (TPSA) is 46.6 Å². The second-order valence-electron chi connectivity index (χ2n) is 9.23. The van der Waals surface area contributed by atoms with Gasteiger partial charge >= 0.3 is 0 Å². The summed E-state index contributed by atoms with van der Waals surface area (Å²) in [4.78, 5) is 26.1. The van der Waals surface area contributed by atoms with Crippen LogP contribution in [0.15, 0.2) is 78.9 Å². The van der Waals surface area contributed by atoms with Crippen molar-refractivity contribution in [2.24, 2.45) is 0 Å². The zero-order valence-electron chi connectivity index (χ0n) is 20.5. The molecule has 0 aromatic heterocycles. The van der Waals surface area contributed by atoms with Crippen LogP contribution in [0.25, 0.3) is 11.1 Å². The summed E-state index contributed by atoms with van der Waals surface area (Å²) in [6, 6.07) is 25.8. The molecule has 4 nitrogen and oxygen atoms in total. The van der Waals surface area contributed by atoms with Crippen LogP contribution in [0, 0.1) is 0 Å². The Morgan fingerprint density at radius 2 is 1.09 bits per heavy atom. The highest BCUT2D eigenvalue weighted by Gasteiger charge is 2.34. The third-order valence-electron chi connectivity index (χ3n) is 6.61. The molecule has 3 aromatic rings. The molecule has 0 radical (unpaired) electrons. The van der Waals surface area contributed by atoms with Crippen LogP contribution < -0.4 is 4.74 Å². The molecular formula is C31H35NO3. The lowest BCUT2D eigenvalue weighted by molar-refractivity contribution is 0.0651. The predicted octanol–water partition coefficient (Wildman–Crippen LogP) is 7.54. The number of carbonyl (C=O) groups excluding carboxylic acids is 2. The van der Waals surface area contributed by atoms with Gasteiger partial charge in [0.1, 0.15) is 5.75 Å². The minimum atomic E-state index is -0.140. The van der Waals surface area contributed by atoms with Gasteiger partial charge in [-0.2, -0.15) is 0 Å². The Morgan fingerprint density at radius 1 is 0.543 bits per heavy atom. The van der Waals surface area contributed by atoms with Crippen molar-refractivity contribution in [3.05, 3.63) is 90.0 Å². The van der Waals surface area contributed by atoms with Crippen molar-refractivity contribution >= 4 is 11.8 Å². The van der Waals surface area contributed by atoms with Crippen LogP contribution in [0.3, 0.4) is 0 Å². The van der Waals surface area contributed by atoms with Gasteiger partial charge < -0.3 is 4.74 Å². The highest BCUT2D eigenvalue weighted by atomic mass is 16.5. The Kier molecular flexibility index (Phi) is 9.11. The van der Waals surface area contributed by atoms with E-state index in [0.29, 0.717) is 17.7 Å². The number of hydrogen-bond acceptors (Lipinski definition) is 3. The number of amides is 2. The Labute approximate surface area is 208 Å². The maximum atomic E-state index is 12.4. The molecule has 0 unspecified atom stereocenters. The number of carbonyl (C=O) groups is 2. The summed E-state index contributed by atoms with van der Waals surface area (Å²) in [7, 11) is 0. The van der Waals surface area contributed by atoms with Crippen molar-refractivity contribution in [1.29, 1.82) is 0 Å². The Hall–Kier alpha value is -3.40. The molecule has 1 aliphatic rings. The third-order valence-corrected chi connectivity index (χ3v) is 6.61. The summed E-state index contributed by atoms with van der Waals surface area (Å²) in [5.74, 6) is 0.657. The van der Waals surface area contributed by atoms with E-state index in [9.17, 15) is 9.59 Å². The highest BCUT2D eigenvalue weighted by molar-refractivity contribution is 6.21. The fourth-order valence-electron chi connectivity index (χ4n) is 4.64. The molecule has 0 spiro atoms. The second kappa shape index (κ2) is 12.9. The smallest absolute Gasteiger partial charge is 0.261 e. The first-order valence-electron chi connectivity index (χ1n) is 13.0. The number of unbranched alkanes of at least 4 members (excludes halogenated alkanes) is 8. The SMILES string of the molecule is O=C1c2ccccc2C(=O)N1CCCCCCCCCCCOc1cccc(-c2ccccc2)c1. The summed E-state index contributed by atoms with van der Waals surface area (Å²) < 4.78 is 5.97. The number of hydrogen-bond donors (Lipinski definition) is 0. The van der Waals surface area contributed by atoms with Crippen LogP contribution >= 0.6 is 0 Å². The molecule has 0 atom stereocenters. The van der Waals surface area contributed by atoms with Crippen LogP contribution in [0.5, 0.6) is 5.75 Å². The Bertz CT molecular complexity index is 1070. The maximum absolute atomic E-state index is 12.4. The molecule has 0 saturated carbocycles. The van der Waals surface area contributed by atoms with E-state index in [1.807, 2.05) is 24.3 Å². The fourth-order valence-corrected chi connectivity index (χ4v) is 4.64. The second-order valence-corrected chi connectivity index (χ2v) is 9.23. The van der Waals surface area contributed by atoms with Crippen LogP contribution in [0.2, 0.25) is 0 Å². The monoisotopic (exact) mass is 469 g/mol. The minimum absolute atomic E-state index is 0.140. The van der Waals surface area contributed by atoms with Gasteiger partial charge in [0.2, 0.25) is 0 Å². The standard InChI is InChI=1S/C31H35NO3/c33-30-28-20-11-12-21-29(28)31(34)32(30)22-13-6-4-2-1-3-5-7-14-23-35-27-19-15-18-26(24-27)25-16-9-8-10-17-25/h8-12,15-21,24H,1-7,13-14,22-23H2. The quantitative estimate of drug-likeness (QED) is 0.181.